The van der Waals surface area contributed by atoms with Gasteiger partial charge in [-0.05, 0) is 134 Å². The predicted octanol–water partition coefficient (Wildman–Crippen LogP) is 16.1. The highest BCUT2D eigenvalue weighted by atomic mass is 15.2. The lowest BCUT2D eigenvalue weighted by Gasteiger charge is -2.29. The molecule has 7 aromatic carbocycles. The maximum Gasteiger partial charge on any atom is 0.0541 e. The largest absolute Gasteiger partial charge is 0.311 e. The Hall–Kier alpha value is -7.82. The van der Waals surface area contributed by atoms with Crippen molar-refractivity contribution < 1.29 is 0 Å². The minimum atomic E-state index is 0.848. The van der Waals surface area contributed by atoms with Gasteiger partial charge in [-0.25, -0.2) is 0 Å². The molecule has 1 aliphatic rings. The molecule has 0 amide bonds. The van der Waals surface area contributed by atoms with E-state index in [9.17, 15) is 0 Å². The SMILES string of the molecule is C=C/C=C\c1c(C)c2ccccc2n1-c1ccc(N(c2ccc(N3C(=C)/C=C\C=C/Cc4ccccc43)cc2)c2ccc(-n3c4ccccc4c4ccccc43)cc2)cc1.CC. The molecule has 1 aliphatic heterocycles. The lowest BCUT2D eigenvalue weighted by molar-refractivity contribution is 1.09. The van der Waals surface area contributed by atoms with E-state index >= 15 is 0 Å². The minimum absolute atomic E-state index is 0.848. The Balaban J connectivity index is 0.00000242. The van der Waals surface area contributed by atoms with Crippen molar-refractivity contribution in [1.29, 1.82) is 0 Å². The maximum absolute atomic E-state index is 4.49. The number of aromatic nitrogens is 2. The van der Waals surface area contributed by atoms with Gasteiger partial charge in [-0.15, -0.1) is 0 Å². The van der Waals surface area contributed by atoms with E-state index in [1.165, 1.54) is 43.8 Å². The van der Waals surface area contributed by atoms with Crippen LogP contribution >= 0.6 is 0 Å². The molecule has 0 N–H and O–H groups in total. The smallest absolute Gasteiger partial charge is 0.0541 e. The summed E-state index contributed by atoms with van der Waals surface area (Å²) in [5, 5.41) is 3.74. The van der Waals surface area contributed by atoms with Crippen LogP contribution in [0.15, 0.2) is 225 Å². The van der Waals surface area contributed by atoms with Crippen molar-refractivity contribution in [3.05, 3.63) is 242 Å². The van der Waals surface area contributed by atoms with Crippen molar-refractivity contribution in [2.75, 3.05) is 9.80 Å². The summed E-state index contributed by atoms with van der Waals surface area (Å²) in [7, 11) is 0. The molecule has 0 radical (unpaired) electrons. The zero-order valence-electron chi connectivity index (χ0n) is 35.6. The van der Waals surface area contributed by atoms with Crippen molar-refractivity contribution in [2.24, 2.45) is 0 Å². The fourth-order valence-corrected chi connectivity index (χ4v) is 8.83. The molecule has 9 aromatic rings. The Kier molecular flexibility index (Phi) is 11.1. The van der Waals surface area contributed by atoms with Crippen LogP contribution in [0, 0.1) is 6.92 Å². The summed E-state index contributed by atoms with van der Waals surface area (Å²) in [6.07, 6.45) is 15.3. The second-order valence-corrected chi connectivity index (χ2v) is 15.2. The second kappa shape index (κ2) is 17.4. The zero-order chi connectivity index (χ0) is 42.6. The van der Waals surface area contributed by atoms with Gasteiger partial charge in [-0.3, -0.25) is 0 Å². The second-order valence-electron chi connectivity index (χ2n) is 15.2. The van der Waals surface area contributed by atoms with Gasteiger partial charge >= 0.3 is 0 Å². The molecule has 0 unspecified atom stereocenters. The van der Waals surface area contributed by atoms with Crippen LogP contribution in [0.3, 0.4) is 0 Å². The van der Waals surface area contributed by atoms with E-state index in [4.69, 9.17) is 0 Å². The summed E-state index contributed by atoms with van der Waals surface area (Å²) in [4.78, 5) is 4.59. The molecule has 4 heteroatoms. The molecule has 0 aliphatic carbocycles. The molecule has 62 heavy (non-hydrogen) atoms. The van der Waals surface area contributed by atoms with E-state index in [2.05, 4.69) is 239 Å². The van der Waals surface area contributed by atoms with E-state index < -0.39 is 0 Å². The van der Waals surface area contributed by atoms with Crippen LogP contribution in [0.4, 0.5) is 28.4 Å². The zero-order valence-corrected chi connectivity index (χ0v) is 35.6. The molecule has 0 spiro atoms. The quantitative estimate of drug-likeness (QED) is 0.142. The standard InChI is InChI=1S/C56H44N4.C2H6/c1-4-5-23-52-41(3)49-20-10-14-25-54(49)59(52)47-36-32-45(33-37-47)58(44-30-28-43(29-31-44)57-40(2)17-7-6-8-18-42-19-9-13-24-53(42)57)46-34-38-48(39-35-46)60-55-26-15-11-21-50(55)51-22-12-16-27-56(51)60;1-2/h4-17,19-39H,1-2,18H2,3H3;1-2H3/b8-6-,17-7-,23-5-;. The first kappa shape index (κ1) is 39.6. The van der Waals surface area contributed by atoms with E-state index in [-0.39, 0.29) is 0 Å². The summed E-state index contributed by atoms with van der Waals surface area (Å²) < 4.78 is 4.71. The predicted molar refractivity (Wildman–Crippen MR) is 267 cm³/mol. The van der Waals surface area contributed by atoms with E-state index in [1.54, 1.807) is 0 Å². The van der Waals surface area contributed by atoms with E-state index in [0.717, 1.165) is 57.6 Å². The Bertz CT molecular complexity index is 3100. The van der Waals surface area contributed by atoms with Gasteiger partial charge in [0.2, 0.25) is 0 Å². The van der Waals surface area contributed by atoms with Gasteiger partial charge < -0.3 is 18.9 Å². The molecule has 4 nitrogen and oxygen atoms in total. The van der Waals surface area contributed by atoms with Crippen LogP contribution in [0.1, 0.15) is 30.7 Å². The Morgan fingerprint density at radius 1 is 0.532 bits per heavy atom. The van der Waals surface area contributed by atoms with E-state index in [1.807, 2.05) is 26.0 Å². The lowest BCUT2D eigenvalue weighted by Crippen LogP contribution is -2.16. The highest BCUT2D eigenvalue weighted by molar-refractivity contribution is 6.09. The number of fused-ring (bicyclic) bond motifs is 5. The first-order valence-corrected chi connectivity index (χ1v) is 21.5. The number of hydrogen-bond donors (Lipinski definition) is 0. The summed E-state index contributed by atoms with van der Waals surface area (Å²) in [5.41, 5.74) is 15.7. The molecule has 2 aromatic heterocycles. The van der Waals surface area contributed by atoms with Crippen LogP contribution in [0.25, 0.3) is 50.2 Å². The molecule has 0 saturated heterocycles. The summed E-state index contributed by atoms with van der Waals surface area (Å²) in [5.74, 6) is 0. The number of hydrogen-bond acceptors (Lipinski definition) is 2. The fraction of sp³-hybridized carbons (Fsp3) is 0.0690. The third kappa shape index (κ3) is 7.16. The van der Waals surface area contributed by atoms with Crippen LogP contribution in [-0.4, -0.2) is 9.13 Å². The maximum atomic E-state index is 4.49. The highest BCUT2D eigenvalue weighted by Crippen LogP contribution is 2.41. The molecule has 10 rings (SSSR count). The van der Waals surface area contributed by atoms with Gasteiger partial charge in [0.1, 0.15) is 0 Å². The number of rotatable bonds is 8. The topological polar surface area (TPSA) is 16.3 Å². The fourth-order valence-electron chi connectivity index (χ4n) is 8.83. The van der Waals surface area contributed by atoms with Crippen molar-refractivity contribution in [3.63, 3.8) is 0 Å². The molecule has 0 bridgehead atoms. The van der Waals surface area contributed by atoms with Crippen LogP contribution < -0.4 is 9.80 Å². The first-order valence-electron chi connectivity index (χ1n) is 21.5. The molecule has 0 fully saturated rings. The monoisotopic (exact) mass is 802 g/mol. The summed E-state index contributed by atoms with van der Waals surface area (Å²) in [6.45, 7) is 14.6. The van der Waals surface area contributed by atoms with Crippen LogP contribution in [0.5, 0.6) is 0 Å². The van der Waals surface area contributed by atoms with Crippen molar-refractivity contribution in [1.82, 2.24) is 9.13 Å². The molecular formula is C58H50N4. The highest BCUT2D eigenvalue weighted by Gasteiger charge is 2.20. The normalized spacial score (nSPS) is 13.6. The Labute approximate surface area is 365 Å². The number of anilines is 5. The Morgan fingerprint density at radius 3 is 1.60 bits per heavy atom. The number of benzene rings is 7. The first-order chi connectivity index (χ1) is 30.6. The van der Waals surface area contributed by atoms with Crippen LogP contribution in [0.2, 0.25) is 0 Å². The third-order valence-corrected chi connectivity index (χ3v) is 11.6. The van der Waals surface area contributed by atoms with Crippen LogP contribution in [-0.2, 0) is 6.42 Å². The molecule has 0 saturated carbocycles. The number of para-hydroxylation sites is 4. The molecule has 3 heterocycles. The lowest BCUT2D eigenvalue weighted by atomic mass is 10.1. The average molecular weight is 803 g/mol. The van der Waals surface area contributed by atoms with Crippen molar-refractivity contribution in [2.45, 2.75) is 27.2 Å². The number of nitrogens with zero attached hydrogens (tertiary/aromatic N) is 4. The minimum Gasteiger partial charge on any atom is -0.311 e. The van der Waals surface area contributed by atoms with Crippen molar-refractivity contribution >= 4 is 67.2 Å². The van der Waals surface area contributed by atoms with Gasteiger partial charge in [-0.1, -0.05) is 130 Å². The number of allylic oxidation sites excluding steroid dienone is 6. The van der Waals surface area contributed by atoms with Gasteiger partial charge in [0.15, 0.2) is 0 Å². The van der Waals surface area contributed by atoms with Crippen molar-refractivity contribution in [3.8, 4) is 11.4 Å². The van der Waals surface area contributed by atoms with Gasteiger partial charge in [0.05, 0.1) is 16.6 Å². The summed E-state index contributed by atoms with van der Waals surface area (Å²) >= 11 is 0. The molecule has 302 valence electrons. The summed E-state index contributed by atoms with van der Waals surface area (Å²) in [6, 6.07) is 61.2. The van der Waals surface area contributed by atoms with E-state index in [0.29, 0.717) is 0 Å². The average Bonchev–Trinajstić information content (AvgIpc) is 3.83. The van der Waals surface area contributed by atoms with Gasteiger partial charge in [-0.2, -0.15) is 0 Å². The van der Waals surface area contributed by atoms with Gasteiger partial charge in [0.25, 0.3) is 0 Å². The van der Waals surface area contributed by atoms with Gasteiger partial charge in [0, 0.05) is 67.4 Å². The third-order valence-electron chi connectivity index (χ3n) is 11.6. The molecule has 0 atom stereocenters. The Morgan fingerprint density at radius 2 is 1.02 bits per heavy atom. The number of aryl methyl sites for hydroxylation is 1. The molecular weight excluding hydrogens is 753 g/mol.